The second kappa shape index (κ2) is 7.45. The number of carbonyl (C=O) groups is 1. The average Bonchev–Trinajstić information content (AvgIpc) is 3.27. The first-order valence-electron chi connectivity index (χ1n) is 10.9. The number of hydrogen-bond acceptors (Lipinski definition) is 4. The molecule has 5 rings (SSSR count). The quantitative estimate of drug-likeness (QED) is 0.671. The number of aromatic amines is 1. The number of fused-ring (bicyclic) bond motifs is 4. The van der Waals surface area contributed by atoms with Crippen LogP contribution in [0.4, 0.5) is 0 Å². The van der Waals surface area contributed by atoms with Crippen LogP contribution in [0.3, 0.4) is 0 Å². The number of amides is 1. The maximum Gasteiger partial charge on any atom is 0.253 e. The van der Waals surface area contributed by atoms with Gasteiger partial charge < -0.3 is 14.4 Å². The van der Waals surface area contributed by atoms with Crippen molar-refractivity contribution in [3.05, 3.63) is 65.4 Å². The van der Waals surface area contributed by atoms with Gasteiger partial charge in [0.1, 0.15) is 17.1 Å². The lowest BCUT2D eigenvalue weighted by molar-refractivity contribution is -0.00161. The highest BCUT2D eigenvalue weighted by atomic mass is 16.5. The second-order valence-electron chi connectivity index (χ2n) is 8.69. The highest BCUT2D eigenvalue weighted by Gasteiger charge is 2.45. The van der Waals surface area contributed by atoms with E-state index < -0.39 is 5.60 Å². The van der Waals surface area contributed by atoms with Gasteiger partial charge in [-0.2, -0.15) is 5.10 Å². The molecule has 1 aromatic heterocycles. The standard InChI is InChI=1S/C25H27N3O3/c1-16(2)30-21-9-8-18(14-17(21)3)24(29)28-12-10-25(11-13-28)20-15-26-27-23(20)19-6-4-5-7-22(19)31-25/h4-9,14-16H,10-13H2,1-3H3,(H,26,27). The smallest absolute Gasteiger partial charge is 0.253 e. The monoisotopic (exact) mass is 417 g/mol. The van der Waals surface area contributed by atoms with Gasteiger partial charge in [-0.3, -0.25) is 9.89 Å². The normalized spacial score (nSPS) is 16.6. The lowest BCUT2D eigenvalue weighted by Crippen LogP contribution is -2.49. The number of rotatable bonds is 3. The SMILES string of the molecule is Cc1cc(C(=O)N2CCC3(CC2)Oc2ccccc2-c2[nH]ncc23)ccc1OC(C)C. The molecule has 1 saturated heterocycles. The number of nitrogens with one attached hydrogen (secondary N) is 1. The van der Waals surface area contributed by atoms with E-state index in [1.54, 1.807) is 0 Å². The van der Waals surface area contributed by atoms with Crippen molar-refractivity contribution in [2.45, 2.75) is 45.3 Å². The van der Waals surface area contributed by atoms with E-state index in [-0.39, 0.29) is 12.0 Å². The third-order valence-electron chi connectivity index (χ3n) is 6.23. The van der Waals surface area contributed by atoms with Crippen LogP contribution in [-0.2, 0) is 5.60 Å². The van der Waals surface area contributed by atoms with E-state index in [9.17, 15) is 4.79 Å². The Bertz CT molecular complexity index is 1130. The summed E-state index contributed by atoms with van der Waals surface area (Å²) in [6.45, 7) is 7.25. The Kier molecular flexibility index (Phi) is 4.73. The van der Waals surface area contributed by atoms with Gasteiger partial charge >= 0.3 is 0 Å². The molecule has 1 N–H and O–H groups in total. The van der Waals surface area contributed by atoms with Crippen molar-refractivity contribution in [3.8, 4) is 22.8 Å². The zero-order valence-corrected chi connectivity index (χ0v) is 18.1. The minimum atomic E-state index is -0.446. The minimum absolute atomic E-state index is 0.0534. The summed E-state index contributed by atoms with van der Waals surface area (Å²) in [4.78, 5) is 15.1. The Hall–Kier alpha value is -3.28. The molecule has 1 spiro atoms. The highest BCUT2D eigenvalue weighted by molar-refractivity contribution is 5.94. The lowest BCUT2D eigenvalue weighted by Gasteiger charge is -2.44. The number of H-pyrrole nitrogens is 1. The van der Waals surface area contributed by atoms with Crippen LogP contribution in [0.25, 0.3) is 11.3 Å². The van der Waals surface area contributed by atoms with Crippen LogP contribution >= 0.6 is 0 Å². The first-order valence-corrected chi connectivity index (χ1v) is 10.9. The second-order valence-corrected chi connectivity index (χ2v) is 8.69. The number of aromatic nitrogens is 2. The number of piperidine rings is 1. The van der Waals surface area contributed by atoms with E-state index >= 15 is 0 Å². The summed E-state index contributed by atoms with van der Waals surface area (Å²) < 4.78 is 12.3. The van der Waals surface area contributed by atoms with Crippen molar-refractivity contribution in [3.63, 3.8) is 0 Å². The fourth-order valence-corrected chi connectivity index (χ4v) is 4.66. The minimum Gasteiger partial charge on any atom is -0.491 e. The van der Waals surface area contributed by atoms with E-state index in [2.05, 4.69) is 10.2 Å². The molecule has 3 aromatic rings. The summed E-state index contributed by atoms with van der Waals surface area (Å²) in [6, 6.07) is 13.7. The number of benzene rings is 2. The predicted octanol–water partition coefficient (Wildman–Crippen LogP) is 4.70. The number of aryl methyl sites for hydroxylation is 1. The molecule has 0 unspecified atom stereocenters. The zero-order valence-electron chi connectivity index (χ0n) is 18.1. The molecule has 160 valence electrons. The van der Waals surface area contributed by atoms with Crippen molar-refractivity contribution in [2.24, 2.45) is 0 Å². The molecule has 6 heteroatoms. The van der Waals surface area contributed by atoms with Crippen LogP contribution < -0.4 is 9.47 Å². The van der Waals surface area contributed by atoms with Gasteiger partial charge in [-0.05, 0) is 56.7 Å². The van der Waals surface area contributed by atoms with Crippen LogP contribution in [0.15, 0.2) is 48.7 Å². The molecule has 0 aliphatic carbocycles. The Morgan fingerprint density at radius 3 is 2.71 bits per heavy atom. The lowest BCUT2D eigenvalue weighted by atomic mass is 9.81. The van der Waals surface area contributed by atoms with Crippen molar-refractivity contribution >= 4 is 5.91 Å². The fourth-order valence-electron chi connectivity index (χ4n) is 4.66. The van der Waals surface area contributed by atoms with Gasteiger partial charge in [0.15, 0.2) is 0 Å². The molecule has 3 heterocycles. The van der Waals surface area contributed by atoms with Crippen molar-refractivity contribution in [1.82, 2.24) is 15.1 Å². The van der Waals surface area contributed by atoms with Crippen LogP contribution in [-0.4, -0.2) is 40.2 Å². The Morgan fingerprint density at radius 1 is 1.19 bits per heavy atom. The number of carbonyl (C=O) groups excluding carboxylic acids is 1. The molecule has 1 fully saturated rings. The molecule has 2 aromatic carbocycles. The maximum absolute atomic E-state index is 13.2. The summed E-state index contributed by atoms with van der Waals surface area (Å²) in [6.07, 6.45) is 3.44. The summed E-state index contributed by atoms with van der Waals surface area (Å²) in [5.41, 5.74) is 4.38. The maximum atomic E-state index is 13.2. The average molecular weight is 418 g/mol. The third kappa shape index (κ3) is 3.36. The topological polar surface area (TPSA) is 67.5 Å². The van der Waals surface area contributed by atoms with Crippen LogP contribution in [0.1, 0.15) is 48.2 Å². The Labute approximate surface area is 182 Å². The fraction of sp³-hybridized carbons (Fsp3) is 0.360. The molecule has 0 bridgehead atoms. The van der Waals surface area contributed by atoms with E-state index in [1.165, 1.54) is 0 Å². The molecule has 1 amide bonds. The molecule has 2 aliphatic rings. The van der Waals surface area contributed by atoms with Crippen molar-refractivity contribution in [2.75, 3.05) is 13.1 Å². The zero-order chi connectivity index (χ0) is 21.6. The van der Waals surface area contributed by atoms with Crippen LogP contribution in [0, 0.1) is 6.92 Å². The van der Waals surface area contributed by atoms with E-state index in [0.717, 1.165) is 46.7 Å². The first kappa shape index (κ1) is 19.7. The summed E-state index contributed by atoms with van der Waals surface area (Å²) in [7, 11) is 0. The van der Waals surface area contributed by atoms with Crippen LogP contribution in [0.5, 0.6) is 11.5 Å². The van der Waals surface area contributed by atoms with E-state index in [0.29, 0.717) is 18.7 Å². The number of ether oxygens (including phenoxy) is 2. The number of likely N-dealkylation sites (tertiary alicyclic amines) is 1. The predicted molar refractivity (Wildman–Crippen MR) is 118 cm³/mol. The third-order valence-corrected chi connectivity index (χ3v) is 6.23. The van der Waals surface area contributed by atoms with Gasteiger partial charge in [-0.1, -0.05) is 12.1 Å². The summed E-state index contributed by atoms with van der Waals surface area (Å²) in [5.74, 6) is 1.75. The first-order chi connectivity index (χ1) is 15.0. The number of hydrogen-bond donors (Lipinski definition) is 1. The molecule has 2 aliphatic heterocycles. The number of nitrogens with zero attached hydrogens (tertiary/aromatic N) is 2. The van der Waals surface area contributed by atoms with Crippen molar-refractivity contribution < 1.29 is 14.3 Å². The van der Waals surface area contributed by atoms with Gasteiger partial charge in [0.05, 0.1) is 18.0 Å². The van der Waals surface area contributed by atoms with Crippen LogP contribution in [0.2, 0.25) is 0 Å². The Balaban J connectivity index is 1.34. The van der Waals surface area contributed by atoms with Gasteiger partial charge in [-0.25, -0.2) is 0 Å². The number of para-hydroxylation sites is 1. The van der Waals surface area contributed by atoms with E-state index in [4.69, 9.17) is 9.47 Å². The highest BCUT2D eigenvalue weighted by Crippen LogP contribution is 2.48. The van der Waals surface area contributed by atoms with Gasteiger partial charge in [0, 0.05) is 42.6 Å². The molecule has 0 saturated carbocycles. The summed E-state index contributed by atoms with van der Waals surface area (Å²) >= 11 is 0. The largest absolute Gasteiger partial charge is 0.491 e. The Morgan fingerprint density at radius 2 is 1.97 bits per heavy atom. The van der Waals surface area contributed by atoms with Gasteiger partial charge in [-0.15, -0.1) is 0 Å². The van der Waals surface area contributed by atoms with Gasteiger partial charge in [0.25, 0.3) is 5.91 Å². The van der Waals surface area contributed by atoms with Gasteiger partial charge in [0.2, 0.25) is 0 Å². The van der Waals surface area contributed by atoms with Crippen molar-refractivity contribution in [1.29, 1.82) is 0 Å². The molecule has 6 nitrogen and oxygen atoms in total. The molecular formula is C25H27N3O3. The molecule has 0 radical (unpaired) electrons. The molecule has 0 atom stereocenters. The molecular weight excluding hydrogens is 390 g/mol. The summed E-state index contributed by atoms with van der Waals surface area (Å²) in [5, 5.41) is 7.44. The van der Waals surface area contributed by atoms with E-state index in [1.807, 2.05) is 74.3 Å². The molecule has 31 heavy (non-hydrogen) atoms.